The lowest BCUT2D eigenvalue weighted by Crippen LogP contribution is -1.89. The molecule has 0 aliphatic heterocycles. The third kappa shape index (κ3) is 3.06. The van der Waals surface area contributed by atoms with Crippen LogP contribution in [0.4, 0.5) is 4.39 Å². The average molecular weight is 371 g/mol. The molecule has 0 unspecified atom stereocenters. The van der Waals surface area contributed by atoms with Crippen molar-refractivity contribution in [2.24, 2.45) is 0 Å². The van der Waals surface area contributed by atoms with Crippen LogP contribution in [0.25, 0.3) is 6.08 Å². The SMILES string of the molecule is O=C(O)/C=C/c1cc(F)cc(Br)c1I. The van der Waals surface area contributed by atoms with E-state index in [0.717, 1.165) is 9.65 Å². The maximum atomic E-state index is 12.9. The quantitative estimate of drug-likeness (QED) is 0.492. The Morgan fingerprint density at radius 3 is 2.79 bits per heavy atom. The molecule has 0 saturated carbocycles. The zero-order valence-electron chi connectivity index (χ0n) is 6.80. The number of hydrogen-bond donors (Lipinski definition) is 1. The van der Waals surface area contributed by atoms with Crippen LogP contribution in [0, 0.1) is 9.39 Å². The van der Waals surface area contributed by atoms with Crippen LogP contribution in [0.3, 0.4) is 0 Å². The standard InChI is InChI=1S/C9H5BrFIO2/c10-7-4-6(11)3-5(9(7)12)1-2-8(13)14/h1-4H,(H,13,14)/b2-1+. The van der Waals surface area contributed by atoms with Gasteiger partial charge in [0.15, 0.2) is 0 Å². The molecule has 0 radical (unpaired) electrons. The van der Waals surface area contributed by atoms with Gasteiger partial charge in [0, 0.05) is 14.1 Å². The van der Waals surface area contributed by atoms with Crippen LogP contribution in [0.5, 0.6) is 0 Å². The van der Waals surface area contributed by atoms with Crippen LogP contribution in [-0.2, 0) is 4.79 Å². The summed E-state index contributed by atoms with van der Waals surface area (Å²) in [6.45, 7) is 0. The smallest absolute Gasteiger partial charge is 0.328 e. The van der Waals surface area contributed by atoms with E-state index >= 15 is 0 Å². The first-order valence-corrected chi connectivity index (χ1v) is 5.43. The number of hydrogen-bond acceptors (Lipinski definition) is 1. The summed E-state index contributed by atoms with van der Waals surface area (Å²) in [7, 11) is 0. The fourth-order valence-electron chi connectivity index (χ4n) is 0.858. The summed E-state index contributed by atoms with van der Waals surface area (Å²) in [5, 5.41) is 8.41. The molecule has 0 aliphatic carbocycles. The number of carboxylic acid groups (broad SMARTS) is 1. The summed E-state index contributed by atoms with van der Waals surface area (Å²) in [5.41, 5.74) is 0.542. The van der Waals surface area contributed by atoms with Crippen LogP contribution in [-0.4, -0.2) is 11.1 Å². The number of rotatable bonds is 2. The highest BCUT2D eigenvalue weighted by molar-refractivity contribution is 14.1. The summed E-state index contributed by atoms with van der Waals surface area (Å²) in [4.78, 5) is 10.3. The second-order valence-corrected chi connectivity index (χ2v) is 4.40. The minimum absolute atomic E-state index is 0.401. The van der Waals surface area contributed by atoms with E-state index in [9.17, 15) is 9.18 Å². The predicted octanol–water partition coefficient (Wildman–Crippen LogP) is 3.29. The van der Waals surface area contributed by atoms with Gasteiger partial charge in [-0.25, -0.2) is 9.18 Å². The molecule has 1 rings (SSSR count). The Morgan fingerprint density at radius 2 is 2.21 bits per heavy atom. The van der Waals surface area contributed by atoms with Crippen molar-refractivity contribution < 1.29 is 14.3 Å². The zero-order chi connectivity index (χ0) is 10.7. The average Bonchev–Trinajstić information content (AvgIpc) is 2.08. The van der Waals surface area contributed by atoms with Gasteiger partial charge in [0.2, 0.25) is 0 Å². The normalized spacial score (nSPS) is 10.8. The molecule has 0 amide bonds. The fourth-order valence-corrected chi connectivity index (χ4v) is 1.80. The van der Waals surface area contributed by atoms with Crippen molar-refractivity contribution in [2.75, 3.05) is 0 Å². The van der Waals surface area contributed by atoms with Gasteiger partial charge in [0.1, 0.15) is 5.82 Å². The van der Waals surface area contributed by atoms with Crippen LogP contribution < -0.4 is 0 Å². The number of carboxylic acids is 1. The molecule has 0 saturated heterocycles. The van der Waals surface area contributed by atoms with Crippen molar-refractivity contribution in [1.29, 1.82) is 0 Å². The molecule has 2 nitrogen and oxygen atoms in total. The van der Waals surface area contributed by atoms with Crippen molar-refractivity contribution in [1.82, 2.24) is 0 Å². The number of carbonyl (C=O) groups is 1. The number of aliphatic carboxylic acids is 1. The fraction of sp³-hybridized carbons (Fsp3) is 0. The second-order valence-electron chi connectivity index (χ2n) is 2.46. The van der Waals surface area contributed by atoms with Crippen molar-refractivity contribution in [3.05, 3.63) is 37.6 Å². The summed E-state index contributed by atoms with van der Waals surface area (Å²) in [6.07, 6.45) is 2.33. The highest BCUT2D eigenvalue weighted by atomic mass is 127. The Bertz CT molecular complexity index is 404. The maximum Gasteiger partial charge on any atom is 0.328 e. The van der Waals surface area contributed by atoms with E-state index in [0.29, 0.717) is 10.0 Å². The first kappa shape index (κ1) is 11.6. The van der Waals surface area contributed by atoms with Crippen molar-refractivity contribution in [3.8, 4) is 0 Å². The lowest BCUT2D eigenvalue weighted by molar-refractivity contribution is -0.131. The summed E-state index contributed by atoms with van der Waals surface area (Å²) < 4.78 is 14.3. The Labute approximate surface area is 102 Å². The molecule has 74 valence electrons. The molecule has 0 fully saturated rings. The highest BCUT2D eigenvalue weighted by Crippen LogP contribution is 2.25. The third-order valence-electron chi connectivity index (χ3n) is 1.43. The lowest BCUT2D eigenvalue weighted by Gasteiger charge is -2.01. The molecule has 1 aromatic carbocycles. The summed E-state index contributed by atoms with van der Waals surface area (Å²) >= 11 is 5.19. The van der Waals surface area contributed by atoms with Gasteiger partial charge in [0.05, 0.1) is 0 Å². The Kier molecular flexibility index (Phi) is 4.06. The van der Waals surface area contributed by atoms with Crippen molar-refractivity contribution >= 4 is 50.6 Å². The van der Waals surface area contributed by atoms with Gasteiger partial charge in [0.25, 0.3) is 0 Å². The Hall–Kier alpha value is -0.430. The van der Waals surface area contributed by atoms with Gasteiger partial charge in [-0.3, -0.25) is 0 Å². The molecular formula is C9H5BrFIO2. The molecule has 0 atom stereocenters. The lowest BCUT2D eigenvalue weighted by atomic mass is 10.2. The minimum atomic E-state index is -1.05. The first-order chi connectivity index (χ1) is 6.50. The largest absolute Gasteiger partial charge is 0.478 e. The van der Waals surface area contributed by atoms with Crippen molar-refractivity contribution in [3.63, 3.8) is 0 Å². The van der Waals surface area contributed by atoms with Crippen LogP contribution in [0.15, 0.2) is 22.7 Å². The monoisotopic (exact) mass is 370 g/mol. The van der Waals surface area contributed by atoms with E-state index in [1.54, 1.807) is 0 Å². The van der Waals surface area contributed by atoms with E-state index in [1.165, 1.54) is 18.2 Å². The zero-order valence-corrected chi connectivity index (χ0v) is 10.5. The van der Waals surface area contributed by atoms with Gasteiger partial charge in [-0.15, -0.1) is 0 Å². The van der Waals surface area contributed by atoms with Gasteiger partial charge in [-0.2, -0.15) is 0 Å². The molecule has 14 heavy (non-hydrogen) atoms. The Morgan fingerprint density at radius 1 is 1.57 bits per heavy atom. The molecule has 0 spiro atoms. The second kappa shape index (κ2) is 4.88. The number of halogens is 3. The minimum Gasteiger partial charge on any atom is -0.478 e. The van der Waals surface area contributed by atoms with E-state index in [1.807, 2.05) is 22.6 Å². The van der Waals surface area contributed by atoms with Gasteiger partial charge >= 0.3 is 5.97 Å². The van der Waals surface area contributed by atoms with Crippen LogP contribution in [0.2, 0.25) is 0 Å². The van der Waals surface area contributed by atoms with E-state index in [4.69, 9.17) is 5.11 Å². The molecule has 1 aromatic rings. The summed E-state index contributed by atoms with van der Waals surface area (Å²) in [6, 6.07) is 2.62. The maximum absolute atomic E-state index is 12.9. The van der Waals surface area contributed by atoms with Crippen LogP contribution >= 0.6 is 38.5 Å². The molecular weight excluding hydrogens is 366 g/mol. The molecule has 5 heteroatoms. The molecule has 0 aliphatic rings. The van der Waals surface area contributed by atoms with E-state index in [-0.39, 0.29) is 0 Å². The highest BCUT2D eigenvalue weighted by Gasteiger charge is 2.04. The number of benzene rings is 1. The molecule has 0 heterocycles. The predicted molar refractivity (Wildman–Crippen MR) is 63.5 cm³/mol. The molecule has 1 N–H and O–H groups in total. The third-order valence-corrected chi connectivity index (χ3v) is 4.00. The first-order valence-electron chi connectivity index (χ1n) is 3.56. The Balaban J connectivity index is 3.14. The van der Waals surface area contributed by atoms with E-state index < -0.39 is 11.8 Å². The summed E-state index contributed by atoms with van der Waals surface area (Å²) in [5.74, 6) is -1.46. The van der Waals surface area contributed by atoms with E-state index in [2.05, 4.69) is 15.9 Å². The topological polar surface area (TPSA) is 37.3 Å². The van der Waals surface area contributed by atoms with Crippen LogP contribution in [0.1, 0.15) is 5.56 Å². The van der Waals surface area contributed by atoms with Gasteiger partial charge in [-0.1, -0.05) is 0 Å². The molecule has 0 aromatic heterocycles. The van der Waals surface area contributed by atoms with Crippen molar-refractivity contribution in [2.45, 2.75) is 0 Å². The molecule has 0 bridgehead atoms. The van der Waals surface area contributed by atoms with Gasteiger partial charge in [-0.05, 0) is 62.3 Å². The van der Waals surface area contributed by atoms with Gasteiger partial charge < -0.3 is 5.11 Å².